The molecule has 4 aromatic rings. The molecule has 0 radical (unpaired) electrons. The number of thiazole rings is 1. The van der Waals surface area contributed by atoms with Crippen LogP contribution in [0.25, 0.3) is 16.5 Å². The number of rotatable bonds is 5. The molecule has 1 aliphatic heterocycles. The molecule has 0 amide bonds. The van der Waals surface area contributed by atoms with Crippen molar-refractivity contribution in [1.29, 1.82) is 0 Å². The molecule has 31 heavy (non-hydrogen) atoms. The van der Waals surface area contributed by atoms with Gasteiger partial charge >= 0.3 is 0 Å². The predicted octanol–water partition coefficient (Wildman–Crippen LogP) is 4.79. The van der Waals surface area contributed by atoms with Gasteiger partial charge in [-0.15, -0.1) is 5.10 Å². The van der Waals surface area contributed by atoms with Crippen LogP contribution in [0.2, 0.25) is 10.0 Å². The first-order chi connectivity index (χ1) is 15.0. The maximum Gasteiger partial charge on any atom is 0.230 e. The average molecular weight is 478 g/mol. The SMILES string of the molecule is CCN1CCN(C(c2ccc(Cl)cc2Cl)c2sc3nc(-c4ccco4)nn3c2O)CC1. The molecule has 1 fully saturated rings. The zero-order valence-corrected chi connectivity index (χ0v) is 19.2. The zero-order chi connectivity index (χ0) is 21.5. The van der Waals surface area contributed by atoms with E-state index in [2.05, 4.69) is 26.8 Å². The second-order valence-electron chi connectivity index (χ2n) is 7.44. The Morgan fingerprint density at radius 1 is 1.19 bits per heavy atom. The van der Waals surface area contributed by atoms with Gasteiger partial charge in [-0.05, 0) is 36.4 Å². The third-order valence-corrected chi connectivity index (χ3v) is 7.30. The maximum absolute atomic E-state index is 11.1. The molecule has 10 heteroatoms. The number of benzene rings is 1. The molecule has 1 unspecified atom stereocenters. The van der Waals surface area contributed by atoms with E-state index in [0.29, 0.717) is 26.6 Å². The lowest BCUT2D eigenvalue weighted by atomic mass is 10.0. The topological polar surface area (TPSA) is 70.0 Å². The van der Waals surface area contributed by atoms with E-state index in [-0.39, 0.29) is 11.9 Å². The number of likely N-dealkylation sites (N-methyl/N-ethyl adjacent to an activating group) is 1. The number of piperazine rings is 1. The third kappa shape index (κ3) is 3.83. The molecule has 1 atom stereocenters. The molecular weight excluding hydrogens is 457 g/mol. The molecule has 1 N–H and O–H groups in total. The summed E-state index contributed by atoms with van der Waals surface area (Å²) in [6.07, 6.45) is 1.57. The number of furan rings is 1. The van der Waals surface area contributed by atoms with Crippen LogP contribution in [0, 0.1) is 0 Å². The van der Waals surface area contributed by atoms with Crippen molar-refractivity contribution in [3.63, 3.8) is 0 Å². The first kappa shape index (κ1) is 20.8. The first-order valence-corrected chi connectivity index (χ1v) is 11.7. The zero-order valence-electron chi connectivity index (χ0n) is 16.8. The second kappa shape index (κ2) is 8.44. The lowest BCUT2D eigenvalue weighted by Crippen LogP contribution is -2.47. The molecule has 7 nitrogen and oxygen atoms in total. The molecule has 0 saturated carbocycles. The van der Waals surface area contributed by atoms with Crippen LogP contribution in [-0.4, -0.2) is 62.2 Å². The Morgan fingerprint density at radius 2 is 2.00 bits per heavy atom. The Balaban J connectivity index is 1.58. The maximum atomic E-state index is 11.1. The fourth-order valence-electron chi connectivity index (χ4n) is 4.00. The van der Waals surface area contributed by atoms with Gasteiger partial charge in [0.15, 0.2) is 5.76 Å². The van der Waals surface area contributed by atoms with E-state index < -0.39 is 0 Å². The Morgan fingerprint density at radius 3 is 2.65 bits per heavy atom. The number of hydrogen-bond donors (Lipinski definition) is 1. The summed E-state index contributed by atoms with van der Waals surface area (Å²) in [6.45, 7) is 6.85. The molecule has 5 rings (SSSR count). The van der Waals surface area contributed by atoms with Crippen molar-refractivity contribution in [3.05, 3.63) is 57.1 Å². The highest BCUT2D eigenvalue weighted by Crippen LogP contribution is 2.43. The minimum absolute atomic E-state index is 0.0687. The van der Waals surface area contributed by atoms with Crippen LogP contribution in [0.1, 0.15) is 23.4 Å². The van der Waals surface area contributed by atoms with Crippen LogP contribution in [0.3, 0.4) is 0 Å². The van der Waals surface area contributed by atoms with Crippen LogP contribution in [-0.2, 0) is 0 Å². The molecular formula is C21H21Cl2N5O2S. The molecule has 1 aromatic carbocycles. The van der Waals surface area contributed by atoms with Crippen molar-refractivity contribution < 1.29 is 9.52 Å². The van der Waals surface area contributed by atoms with Gasteiger partial charge in [-0.1, -0.05) is 47.5 Å². The normalized spacial score (nSPS) is 16.9. The highest BCUT2D eigenvalue weighted by molar-refractivity contribution is 7.17. The van der Waals surface area contributed by atoms with E-state index in [4.69, 9.17) is 27.6 Å². The van der Waals surface area contributed by atoms with Crippen LogP contribution in [0.5, 0.6) is 5.88 Å². The fourth-order valence-corrected chi connectivity index (χ4v) is 5.62. The highest BCUT2D eigenvalue weighted by Gasteiger charge is 2.33. The Hall–Kier alpha value is -2.10. The van der Waals surface area contributed by atoms with Crippen molar-refractivity contribution in [2.45, 2.75) is 13.0 Å². The van der Waals surface area contributed by atoms with Gasteiger partial charge in [-0.25, -0.2) is 0 Å². The third-order valence-electron chi connectivity index (χ3n) is 5.67. The molecule has 162 valence electrons. The van der Waals surface area contributed by atoms with Crippen molar-refractivity contribution in [3.8, 4) is 17.5 Å². The molecule has 0 bridgehead atoms. The van der Waals surface area contributed by atoms with Crippen molar-refractivity contribution >= 4 is 39.5 Å². The van der Waals surface area contributed by atoms with Crippen molar-refractivity contribution in [2.24, 2.45) is 0 Å². The second-order valence-corrected chi connectivity index (χ2v) is 9.29. The Kier molecular flexibility index (Phi) is 5.66. The van der Waals surface area contributed by atoms with E-state index >= 15 is 0 Å². The van der Waals surface area contributed by atoms with Crippen LogP contribution < -0.4 is 0 Å². The first-order valence-electron chi connectivity index (χ1n) is 10.1. The molecule has 1 aliphatic rings. The van der Waals surface area contributed by atoms with Crippen LogP contribution >= 0.6 is 34.5 Å². The monoisotopic (exact) mass is 477 g/mol. The van der Waals surface area contributed by atoms with Crippen LogP contribution in [0.15, 0.2) is 41.0 Å². The average Bonchev–Trinajstić information content (AvgIpc) is 3.49. The van der Waals surface area contributed by atoms with Gasteiger partial charge in [-0.3, -0.25) is 4.90 Å². The van der Waals surface area contributed by atoms with Crippen molar-refractivity contribution in [1.82, 2.24) is 24.4 Å². The van der Waals surface area contributed by atoms with Gasteiger partial charge in [0.05, 0.1) is 17.2 Å². The number of hydrogen-bond acceptors (Lipinski definition) is 7. The summed E-state index contributed by atoms with van der Waals surface area (Å²) in [5.41, 5.74) is 0.905. The smallest absolute Gasteiger partial charge is 0.230 e. The number of aromatic hydroxyl groups is 1. The lowest BCUT2D eigenvalue weighted by Gasteiger charge is -2.39. The lowest BCUT2D eigenvalue weighted by molar-refractivity contribution is 0.113. The number of fused-ring (bicyclic) bond motifs is 1. The Bertz CT molecular complexity index is 1200. The van der Waals surface area contributed by atoms with Gasteiger partial charge in [0.1, 0.15) is 0 Å². The summed E-state index contributed by atoms with van der Waals surface area (Å²) in [4.78, 5) is 10.7. The molecule has 3 aromatic heterocycles. The molecule has 0 spiro atoms. The molecule has 4 heterocycles. The standard InChI is InChI=1S/C21H21Cl2N5O2S/c1-2-26-7-9-27(10-8-26)17(14-6-5-13(22)12-15(14)23)18-20(29)28-21(31-18)24-19(25-28)16-4-3-11-30-16/h3-6,11-12,17,29H,2,7-10H2,1H3. The minimum atomic E-state index is -0.218. The van der Waals surface area contributed by atoms with E-state index in [9.17, 15) is 5.11 Å². The van der Waals surface area contributed by atoms with Gasteiger partial charge in [-0.2, -0.15) is 9.50 Å². The Labute approximate surface area is 193 Å². The van der Waals surface area contributed by atoms with E-state index in [1.807, 2.05) is 12.1 Å². The fraction of sp³-hybridized carbons (Fsp3) is 0.333. The summed E-state index contributed by atoms with van der Waals surface area (Å²) in [6, 6.07) is 8.87. The van der Waals surface area contributed by atoms with E-state index in [1.165, 1.54) is 15.9 Å². The van der Waals surface area contributed by atoms with E-state index in [0.717, 1.165) is 43.2 Å². The van der Waals surface area contributed by atoms with Gasteiger partial charge in [0, 0.05) is 36.2 Å². The number of nitrogens with zero attached hydrogens (tertiary/aromatic N) is 5. The van der Waals surface area contributed by atoms with E-state index in [1.54, 1.807) is 24.5 Å². The predicted molar refractivity (Wildman–Crippen MR) is 122 cm³/mol. The number of halogens is 2. The van der Waals surface area contributed by atoms with Gasteiger partial charge in [0.25, 0.3) is 0 Å². The minimum Gasteiger partial charge on any atom is -0.492 e. The van der Waals surface area contributed by atoms with Gasteiger partial charge in [0.2, 0.25) is 16.7 Å². The van der Waals surface area contributed by atoms with Gasteiger partial charge < -0.3 is 14.4 Å². The largest absolute Gasteiger partial charge is 0.492 e. The summed E-state index contributed by atoms with van der Waals surface area (Å²) >= 11 is 14.2. The summed E-state index contributed by atoms with van der Waals surface area (Å²) in [7, 11) is 0. The van der Waals surface area contributed by atoms with Crippen LogP contribution in [0.4, 0.5) is 0 Å². The summed E-state index contributed by atoms with van der Waals surface area (Å²) in [5.74, 6) is 1.07. The number of aromatic nitrogens is 3. The van der Waals surface area contributed by atoms with Crippen molar-refractivity contribution in [2.75, 3.05) is 32.7 Å². The molecule has 1 saturated heterocycles. The summed E-state index contributed by atoms with van der Waals surface area (Å²) in [5, 5.41) is 16.7. The highest BCUT2D eigenvalue weighted by atomic mass is 35.5. The summed E-state index contributed by atoms with van der Waals surface area (Å²) < 4.78 is 6.86. The quantitative estimate of drug-likeness (QED) is 0.445. The molecule has 0 aliphatic carbocycles.